The van der Waals surface area contributed by atoms with Crippen molar-refractivity contribution in [2.45, 2.75) is 38.1 Å². The second-order valence-electron chi connectivity index (χ2n) is 10.1. The van der Waals surface area contributed by atoms with E-state index >= 15 is 0 Å². The predicted molar refractivity (Wildman–Crippen MR) is 143 cm³/mol. The number of rotatable bonds is 5. The van der Waals surface area contributed by atoms with Crippen molar-refractivity contribution in [3.8, 4) is 17.2 Å². The molecule has 6 rings (SSSR count). The number of likely N-dealkylation sites (tertiary alicyclic amines) is 1. The van der Waals surface area contributed by atoms with Gasteiger partial charge in [-0.25, -0.2) is 0 Å². The number of amides is 1. The first-order chi connectivity index (χ1) is 18.1. The third-order valence-electron chi connectivity index (χ3n) is 7.96. The van der Waals surface area contributed by atoms with Crippen LogP contribution in [0.5, 0.6) is 11.5 Å². The lowest BCUT2D eigenvalue weighted by Gasteiger charge is -2.42. The summed E-state index contributed by atoms with van der Waals surface area (Å²) in [5, 5.41) is 1.02. The van der Waals surface area contributed by atoms with Crippen molar-refractivity contribution in [3.05, 3.63) is 58.0 Å². The number of pyridine rings is 1. The minimum atomic E-state index is -0.194. The Balaban J connectivity index is 1.54. The van der Waals surface area contributed by atoms with Gasteiger partial charge in [-0.3, -0.25) is 14.2 Å². The second kappa shape index (κ2) is 9.74. The maximum Gasteiger partial charge on any atom is 0.263 e. The van der Waals surface area contributed by atoms with Crippen molar-refractivity contribution in [2.75, 3.05) is 52.0 Å². The minimum Gasteiger partial charge on any atom is -0.493 e. The Morgan fingerprint density at radius 1 is 0.919 bits per heavy atom. The van der Waals surface area contributed by atoms with E-state index in [4.69, 9.17) is 14.2 Å². The van der Waals surface area contributed by atoms with Crippen LogP contribution in [0.3, 0.4) is 0 Å². The maximum absolute atomic E-state index is 13.9. The third-order valence-corrected chi connectivity index (χ3v) is 7.96. The number of hydrogen-bond acceptors (Lipinski definition) is 6. The first-order valence-corrected chi connectivity index (χ1v) is 13.2. The summed E-state index contributed by atoms with van der Waals surface area (Å²) in [5.74, 6) is 0.895. The van der Waals surface area contributed by atoms with Crippen LogP contribution >= 0.6 is 0 Å². The van der Waals surface area contributed by atoms with Crippen LogP contribution in [-0.4, -0.2) is 68.5 Å². The van der Waals surface area contributed by atoms with Gasteiger partial charge >= 0.3 is 0 Å². The Morgan fingerprint density at radius 3 is 2.32 bits per heavy atom. The smallest absolute Gasteiger partial charge is 0.263 e. The number of aryl methyl sites for hydroxylation is 1. The van der Waals surface area contributed by atoms with Gasteiger partial charge in [0.25, 0.3) is 11.5 Å². The summed E-state index contributed by atoms with van der Waals surface area (Å²) >= 11 is 0. The van der Waals surface area contributed by atoms with Gasteiger partial charge in [-0.05, 0) is 61.9 Å². The summed E-state index contributed by atoms with van der Waals surface area (Å²) in [4.78, 5) is 32.0. The quantitative estimate of drug-likeness (QED) is 0.528. The molecule has 4 heterocycles. The summed E-state index contributed by atoms with van der Waals surface area (Å²) in [7, 11) is 3.11. The van der Waals surface area contributed by atoms with Gasteiger partial charge in [0.1, 0.15) is 0 Å². The zero-order valence-corrected chi connectivity index (χ0v) is 21.5. The topological polar surface area (TPSA) is 73.2 Å². The number of anilines is 1. The molecule has 0 aliphatic carbocycles. The summed E-state index contributed by atoms with van der Waals surface area (Å²) < 4.78 is 18.1. The van der Waals surface area contributed by atoms with E-state index in [-0.39, 0.29) is 11.5 Å². The summed E-state index contributed by atoms with van der Waals surface area (Å²) in [5.41, 5.74) is 3.49. The van der Waals surface area contributed by atoms with Crippen LogP contribution in [0.25, 0.3) is 16.5 Å². The number of hydrogen-bond donors (Lipinski definition) is 0. The molecule has 0 atom stereocenters. The number of methoxy groups -OCH3 is 2. The molecule has 2 fully saturated rings. The van der Waals surface area contributed by atoms with Gasteiger partial charge < -0.3 is 24.0 Å². The van der Waals surface area contributed by atoms with E-state index in [2.05, 4.69) is 17.0 Å². The van der Waals surface area contributed by atoms with E-state index < -0.39 is 0 Å². The molecule has 8 heteroatoms. The number of ether oxygens (including phenoxy) is 3. The molecule has 3 aliphatic rings. The third kappa shape index (κ3) is 4.13. The normalized spacial score (nSPS) is 17.9. The molecule has 37 heavy (non-hydrogen) atoms. The molecule has 3 aliphatic heterocycles. The fourth-order valence-corrected chi connectivity index (χ4v) is 5.82. The molecule has 0 unspecified atom stereocenters. The van der Waals surface area contributed by atoms with Crippen molar-refractivity contribution in [3.63, 3.8) is 0 Å². The Bertz CT molecular complexity index is 1400. The first kappa shape index (κ1) is 23.9. The van der Waals surface area contributed by atoms with Crippen molar-refractivity contribution < 1.29 is 19.0 Å². The van der Waals surface area contributed by atoms with Gasteiger partial charge in [0, 0.05) is 36.9 Å². The molecule has 0 spiro atoms. The van der Waals surface area contributed by atoms with Crippen LogP contribution in [0.1, 0.15) is 41.6 Å². The van der Waals surface area contributed by atoms with Crippen molar-refractivity contribution in [2.24, 2.45) is 0 Å². The molecule has 1 aromatic heterocycles. The highest BCUT2D eigenvalue weighted by Gasteiger charge is 2.30. The van der Waals surface area contributed by atoms with E-state index in [1.807, 2.05) is 11.0 Å². The molecule has 2 aromatic carbocycles. The van der Waals surface area contributed by atoms with E-state index in [0.717, 1.165) is 76.3 Å². The molecule has 0 radical (unpaired) electrons. The Kier molecular flexibility index (Phi) is 6.28. The second-order valence-corrected chi connectivity index (χ2v) is 10.1. The number of piperidine rings is 1. The van der Waals surface area contributed by atoms with Gasteiger partial charge in [0.2, 0.25) is 0 Å². The van der Waals surface area contributed by atoms with E-state index in [1.54, 1.807) is 37.1 Å². The lowest BCUT2D eigenvalue weighted by Crippen LogP contribution is -2.51. The number of benzene rings is 2. The molecular formula is C29H33N3O5. The number of aromatic nitrogens is 1. The highest BCUT2D eigenvalue weighted by molar-refractivity contribution is 6.07. The molecule has 3 aromatic rings. The Morgan fingerprint density at radius 2 is 1.65 bits per heavy atom. The number of nitrogens with zero attached hydrogens (tertiary/aromatic N) is 3. The zero-order valence-electron chi connectivity index (χ0n) is 21.5. The maximum atomic E-state index is 13.9. The highest BCUT2D eigenvalue weighted by Crippen LogP contribution is 2.35. The molecule has 0 saturated carbocycles. The number of fused-ring (bicyclic) bond motifs is 2. The van der Waals surface area contributed by atoms with E-state index in [1.165, 1.54) is 5.56 Å². The van der Waals surface area contributed by atoms with E-state index in [9.17, 15) is 9.59 Å². The molecule has 8 nitrogen and oxygen atoms in total. The average Bonchev–Trinajstić information content (AvgIpc) is 2.92. The molecule has 0 N–H and O–H groups in total. The van der Waals surface area contributed by atoms with Crippen LogP contribution in [0.4, 0.5) is 5.69 Å². The molecule has 0 bridgehead atoms. The summed E-state index contributed by atoms with van der Waals surface area (Å²) in [6.45, 7) is 3.90. The lowest BCUT2D eigenvalue weighted by atomic mass is 9.98. The standard InChI is InChI=1S/C29H33N3O5/c1-35-26-14-22-23(15-27(26)36-2)29(34)32(16-24(22)28(33)30-10-4-3-5-11-30)20-9-8-19-7-6-12-31(25(19)13-20)21-17-37-18-21/h8-9,13-16,21H,3-7,10-12,17-18H2,1-2H3. The van der Waals surface area contributed by atoms with Crippen LogP contribution in [-0.2, 0) is 11.2 Å². The van der Waals surface area contributed by atoms with E-state index in [0.29, 0.717) is 33.9 Å². The first-order valence-electron chi connectivity index (χ1n) is 13.2. The summed E-state index contributed by atoms with van der Waals surface area (Å²) in [6.07, 6.45) is 6.95. The number of carbonyl (C=O) groups is 1. The van der Waals surface area contributed by atoms with Crippen molar-refractivity contribution in [1.29, 1.82) is 0 Å². The number of carbonyl (C=O) groups excluding carboxylic acids is 1. The zero-order chi connectivity index (χ0) is 25.5. The van der Waals surface area contributed by atoms with Gasteiger partial charge in [-0.2, -0.15) is 0 Å². The lowest BCUT2D eigenvalue weighted by molar-refractivity contribution is 0.00756. The van der Waals surface area contributed by atoms with Gasteiger partial charge in [0.05, 0.1) is 50.1 Å². The Hall–Kier alpha value is -3.52. The van der Waals surface area contributed by atoms with Crippen molar-refractivity contribution >= 4 is 22.4 Å². The van der Waals surface area contributed by atoms with Gasteiger partial charge in [-0.1, -0.05) is 6.07 Å². The monoisotopic (exact) mass is 503 g/mol. The van der Waals surface area contributed by atoms with Crippen LogP contribution in [0.2, 0.25) is 0 Å². The Labute approximate surface area is 216 Å². The highest BCUT2D eigenvalue weighted by atomic mass is 16.5. The SMILES string of the molecule is COc1cc2c(C(=O)N3CCCCC3)cn(-c3ccc4c(c3)N(C3COC3)CCC4)c(=O)c2cc1OC. The van der Waals surface area contributed by atoms with Gasteiger partial charge in [0.15, 0.2) is 11.5 Å². The average molecular weight is 504 g/mol. The van der Waals surface area contributed by atoms with Crippen LogP contribution < -0.4 is 19.9 Å². The molecule has 1 amide bonds. The molecule has 2 saturated heterocycles. The fraction of sp³-hybridized carbons (Fsp3) is 0.448. The van der Waals surface area contributed by atoms with Crippen molar-refractivity contribution in [1.82, 2.24) is 9.47 Å². The largest absolute Gasteiger partial charge is 0.493 e. The molecule has 194 valence electrons. The minimum absolute atomic E-state index is 0.0585. The van der Waals surface area contributed by atoms with Gasteiger partial charge in [-0.15, -0.1) is 0 Å². The predicted octanol–water partition coefficient (Wildman–Crippen LogP) is 3.79. The summed E-state index contributed by atoms with van der Waals surface area (Å²) in [6, 6.07) is 10.0. The van der Waals surface area contributed by atoms with Crippen LogP contribution in [0.15, 0.2) is 41.3 Å². The fourth-order valence-electron chi connectivity index (χ4n) is 5.82. The van der Waals surface area contributed by atoms with Crippen LogP contribution in [0, 0.1) is 0 Å². The molecular weight excluding hydrogens is 470 g/mol.